The van der Waals surface area contributed by atoms with E-state index in [1.165, 1.54) is 0 Å². The molecule has 0 fully saturated rings. The van der Waals surface area contributed by atoms with Crippen molar-refractivity contribution in [2.24, 2.45) is 11.5 Å². The monoisotopic (exact) mass is 550 g/mol. The van der Waals surface area contributed by atoms with Gasteiger partial charge in [0.1, 0.15) is 18.1 Å². The van der Waals surface area contributed by atoms with Crippen LogP contribution >= 0.6 is 12.6 Å². The first kappa shape index (κ1) is 30.1. The largest absolute Gasteiger partial charge is 0.481 e. The van der Waals surface area contributed by atoms with E-state index in [2.05, 4.69) is 33.6 Å². The minimum absolute atomic E-state index is 0.0256. The number of primary amides is 1. The van der Waals surface area contributed by atoms with E-state index in [0.29, 0.717) is 5.56 Å². The number of nitrogens with one attached hydrogen (secondary N) is 4. The Morgan fingerprint density at radius 2 is 1.53 bits per heavy atom. The molecule has 0 aliphatic heterocycles. The van der Waals surface area contributed by atoms with Crippen LogP contribution in [0, 0.1) is 0 Å². The Morgan fingerprint density at radius 1 is 0.921 bits per heavy atom. The van der Waals surface area contributed by atoms with Crippen LogP contribution in [0.3, 0.4) is 0 Å². The maximum absolute atomic E-state index is 13.2. The molecule has 0 radical (unpaired) electrons. The van der Waals surface area contributed by atoms with E-state index in [1.807, 2.05) is 18.2 Å². The molecule has 4 atom stereocenters. The number of fused-ring (bicyclic) bond motifs is 1. The van der Waals surface area contributed by atoms with Crippen LogP contribution in [-0.2, 0) is 35.2 Å². The number of thiol groups is 1. The number of carboxylic acids is 2. The van der Waals surface area contributed by atoms with E-state index >= 15 is 0 Å². The van der Waals surface area contributed by atoms with Crippen molar-refractivity contribution in [3.63, 3.8) is 0 Å². The third-order valence-corrected chi connectivity index (χ3v) is 5.93. The number of carbonyl (C=O) groups excluding carboxylic acids is 4. The van der Waals surface area contributed by atoms with Gasteiger partial charge in [0, 0.05) is 35.7 Å². The van der Waals surface area contributed by atoms with E-state index in [4.69, 9.17) is 16.6 Å². The highest BCUT2D eigenvalue weighted by Crippen LogP contribution is 2.19. The van der Waals surface area contributed by atoms with Crippen molar-refractivity contribution in [1.29, 1.82) is 0 Å². The Bertz CT molecular complexity index is 1200. The average molecular weight is 551 g/mol. The van der Waals surface area contributed by atoms with E-state index in [1.54, 1.807) is 12.3 Å². The smallest absolute Gasteiger partial charge is 0.326 e. The molecular weight excluding hydrogens is 520 g/mol. The van der Waals surface area contributed by atoms with Gasteiger partial charge in [-0.05, 0) is 18.1 Å². The highest BCUT2D eigenvalue weighted by molar-refractivity contribution is 7.80. The van der Waals surface area contributed by atoms with Gasteiger partial charge in [0.2, 0.25) is 23.6 Å². The van der Waals surface area contributed by atoms with Crippen LogP contribution in [0.25, 0.3) is 10.9 Å². The fraction of sp³-hybridized carbons (Fsp3) is 0.391. The number of nitrogens with two attached hydrogens (primary N) is 2. The van der Waals surface area contributed by atoms with Crippen molar-refractivity contribution in [2.75, 3.05) is 5.75 Å². The molecule has 14 nitrogen and oxygen atoms in total. The predicted molar refractivity (Wildman–Crippen MR) is 138 cm³/mol. The summed E-state index contributed by atoms with van der Waals surface area (Å²) in [5.74, 6) is -6.28. The van der Waals surface area contributed by atoms with Gasteiger partial charge < -0.3 is 42.6 Å². The Balaban J connectivity index is 2.22. The Morgan fingerprint density at radius 3 is 2.13 bits per heavy atom. The van der Waals surface area contributed by atoms with Crippen LogP contribution < -0.4 is 27.4 Å². The SMILES string of the molecule is NC(=O)CC(N)C(=O)NC(Cc1c[nH]c2ccccc12)C(=O)NC(CS)C(=O)NC(CCC(=O)O)C(=O)O. The number of carbonyl (C=O) groups is 6. The summed E-state index contributed by atoms with van der Waals surface area (Å²) in [6, 6.07) is 1.84. The molecule has 0 saturated carbocycles. The molecular formula is C23H30N6O8S. The number of para-hydroxylation sites is 1. The van der Waals surface area contributed by atoms with E-state index < -0.39 is 72.6 Å². The summed E-state index contributed by atoms with van der Waals surface area (Å²) in [7, 11) is 0. The summed E-state index contributed by atoms with van der Waals surface area (Å²) in [4.78, 5) is 74.9. The number of carboxylic acid groups (broad SMARTS) is 2. The van der Waals surface area contributed by atoms with Crippen molar-refractivity contribution < 1.29 is 39.0 Å². The Hall–Kier alpha value is -4.11. The van der Waals surface area contributed by atoms with Gasteiger partial charge in [-0.1, -0.05) is 18.2 Å². The molecule has 10 N–H and O–H groups in total. The van der Waals surface area contributed by atoms with Gasteiger partial charge in [0.05, 0.1) is 12.5 Å². The molecule has 206 valence electrons. The van der Waals surface area contributed by atoms with Gasteiger partial charge in [0.25, 0.3) is 0 Å². The second kappa shape index (κ2) is 14.0. The maximum atomic E-state index is 13.2. The van der Waals surface area contributed by atoms with Gasteiger partial charge in [-0.15, -0.1) is 0 Å². The summed E-state index contributed by atoms with van der Waals surface area (Å²) in [6.07, 6.45) is 0.299. The van der Waals surface area contributed by atoms with Gasteiger partial charge >= 0.3 is 11.9 Å². The molecule has 15 heteroatoms. The normalized spacial score (nSPS) is 14.1. The van der Waals surface area contributed by atoms with Crippen LogP contribution in [0.1, 0.15) is 24.8 Å². The molecule has 0 saturated heterocycles. The van der Waals surface area contributed by atoms with Gasteiger partial charge in [-0.25, -0.2) is 4.79 Å². The first-order valence-corrected chi connectivity index (χ1v) is 12.1. The lowest BCUT2D eigenvalue weighted by atomic mass is 10.0. The molecule has 2 rings (SSSR count). The van der Waals surface area contributed by atoms with Crippen LogP contribution in [-0.4, -0.2) is 80.7 Å². The van der Waals surface area contributed by atoms with Crippen molar-refractivity contribution in [2.45, 2.75) is 49.9 Å². The Kier molecular flexibility index (Phi) is 11.1. The van der Waals surface area contributed by atoms with Crippen molar-refractivity contribution in [3.8, 4) is 0 Å². The molecule has 38 heavy (non-hydrogen) atoms. The van der Waals surface area contributed by atoms with Crippen LogP contribution in [0.2, 0.25) is 0 Å². The molecule has 0 bridgehead atoms. The minimum Gasteiger partial charge on any atom is -0.481 e. The second-order valence-corrected chi connectivity index (χ2v) is 8.84. The first-order chi connectivity index (χ1) is 17.9. The van der Waals surface area contributed by atoms with E-state index in [-0.39, 0.29) is 18.6 Å². The minimum atomic E-state index is -1.51. The molecule has 4 unspecified atom stereocenters. The summed E-state index contributed by atoms with van der Waals surface area (Å²) in [6.45, 7) is 0. The Labute approximate surface area is 222 Å². The number of amides is 4. The molecule has 4 amide bonds. The summed E-state index contributed by atoms with van der Waals surface area (Å²) in [5.41, 5.74) is 12.3. The van der Waals surface area contributed by atoms with Gasteiger partial charge in [0.15, 0.2) is 0 Å². The molecule has 1 aromatic heterocycles. The van der Waals surface area contributed by atoms with Crippen molar-refractivity contribution in [3.05, 3.63) is 36.0 Å². The fourth-order valence-corrected chi connectivity index (χ4v) is 3.84. The fourth-order valence-electron chi connectivity index (χ4n) is 3.58. The molecule has 2 aromatic rings. The number of hydrogen-bond acceptors (Lipinski definition) is 8. The average Bonchev–Trinajstić information content (AvgIpc) is 3.26. The van der Waals surface area contributed by atoms with Gasteiger partial charge in [-0.3, -0.25) is 24.0 Å². The zero-order chi connectivity index (χ0) is 28.4. The number of hydrogen-bond donors (Lipinski definition) is 9. The summed E-state index contributed by atoms with van der Waals surface area (Å²) >= 11 is 4.05. The molecule has 1 heterocycles. The van der Waals surface area contributed by atoms with E-state index in [0.717, 1.165) is 10.9 Å². The first-order valence-electron chi connectivity index (χ1n) is 11.5. The third-order valence-electron chi connectivity index (χ3n) is 5.57. The number of benzene rings is 1. The number of rotatable bonds is 15. The summed E-state index contributed by atoms with van der Waals surface area (Å²) in [5, 5.41) is 26.0. The lowest BCUT2D eigenvalue weighted by Crippen LogP contribution is -2.58. The maximum Gasteiger partial charge on any atom is 0.326 e. The lowest BCUT2D eigenvalue weighted by molar-refractivity contribution is -0.143. The van der Waals surface area contributed by atoms with Crippen molar-refractivity contribution >= 4 is 59.1 Å². The third kappa shape index (κ3) is 8.77. The number of H-pyrrole nitrogens is 1. The topological polar surface area (TPSA) is 247 Å². The highest BCUT2D eigenvalue weighted by atomic mass is 32.1. The molecule has 1 aromatic carbocycles. The highest BCUT2D eigenvalue weighted by Gasteiger charge is 2.30. The zero-order valence-electron chi connectivity index (χ0n) is 20.2. The van der Waals surface area contributed by atoms with Gasteiger partial charge in [-0.2, -0.15) is 12.6 Å². The van der Waals surface area contributed by atoms with Crippen LogP contribution in [0.4, 0.5) is 0 Å². The quantitative estimate of drug-likeness (QED) is 0.114. The van der Waals surface area contributed by atoms with Crippen molar-refractivity contribution in [1.82, 2.24) is 20.9 Å². The number of aromatic nitrogens is 1. The molecule has 0 aliphatic rings. The summed E-state index contributed by atoms with van der Waals surface area (Å²) < 4.78 is 0. The number of aromatic amines is 1. The van der Waals surface area contributed by atoms with E-state index in [9.17, 15) is 33.9 Å². The molecule has 0 spiro atoms. The number of aliphatic carboxylic acids is 2. The lowest BCUT2D eigenvalue weighted by Gasteiger charge is -2.24. The van der Waals surface area contributed by atoms with Crippen LogP contribution in [0.15, 0.2) is 30.5 Å². The second-order valence-electron chi connectivity index (χ2n) is 8.48. The predicted octanol–water partition coefficient (Wildman–Crippen LogP) is -1.75. The molecule has 0 aliphatic carbocycles. The standard InChI is InChI=1S/C23H30N6O8S/c24-13(8-18(25)30)20(33)28-16(7-11-9-26-14-4-2-1-3-12(11)14)21(34)29-17(10-38)22(35)27-15(23(36)37)5-6-19(31)32/h1-4,9,13,15-17,26,38H,5-8,10,24H2,(H2,25,30)(H,27,35)(H,28,33)(H,29,34)(H,31,32)(H,36,37). The zero-order valence-corrected chi connectivity index (χ0v) is 21.1. The van der Waals surface area contributed by atoms with Crippen LogP contribution in [0.5, 0.6) is 0 Å².